The van der Waals surface area contributed by atoms with Crippen LogP contribution in [0.2, 0.25) is 0 Å². The molecule has 0 unspecified atom stereocenters. The van der Waals surface area contributed by atoms with Gasteiger partial charge in [0, 0.05) is 12.2 Å². The largest absolute Gasteiger partial charge is 0.482 e. The minimum atomic E-state index is -0.337. The zero-order valence-corrected chi connectivity index (χ0v) is 19.1. The Kier molecular flexibility index (Phi) is 6.45. The van der Waals surface area contributed by atoms with Crippen LogP contribution in [0.4, 0.5) is 11.4 Å². The van der Waals surface area contributed by atoms with Gasteiger partial charge in [0.2, 0.25) is 5.91 Å². The molecule has 2 heterocycles. The first-order chi connectivity index (χ1) is 15.5. The highest BCUT2D eigenvalue weighted by Crippen LogP contribution is 2.37. The maximum absolute atomic E-state index is 12.7. The van der Waals surface area contributed by atoms with E-state index >= 15 is 0 Å². The predicted octanol–water partition coefficient (Wildman–Crippen LogP) is 3.82. The fourth-order valence-electron chi connectivity index (χ4n) is 3.64. The maximum Gasteiger partial charge on any atom is 0.265 e. The van der Waals surface area contributed by atoms with Gasteiger partial charge in [-0.1, -0.05) is 41.6 Å². The second kappa shape index (κ2) is 9.44. The quantitative estimate of drug-likeness (QED) is 0.549. The lowest BCUT2D eigenvalue weighted by Gasteiger charge is -2.33. The number of thioether (sulfide) groups is 1. The number of nitrogens with one attached hydrogen (secondary N) is 1. The number of hydrogen-bond acceptors (Lipinski definition) is 6. The molecule has 2 amide bonds. The second-order valence-electron chi connectivity index (χ2n) is 7.48. The third-order valence-electron chi connectivity index (χ3n) is 5.23. The van der Waals surface area contributed by atoms with Crippen LogP contribution in [0.25, 0.3) is 0 Å². The molecular weight excluding hydrogens is 426 g/mol. The first kappa shape index (κ1) is 21.9. The Bertz CT molecular complexity index is 1130. The van der Waals surface area contributed by atoms with E-state index in [1.807, 2.05) is 73.9 Å². The van der Waals surface area contributed by atoms with Crippen molar-refractivity contribution in [1.82, 2.24) is 14.8 Å². The minimum Gasteiger partial charge on any atom is -0.482 e. The lowest BCUT2D eigenvalue weighted by molar-refractivity contribution is -0.121. The molecule has 2 aromatic carbocycles. The number of rotatable bonds is 7. The van der Waals surface area contributed by atoms with Gasteiger partial charge in [0.1, 0.15) is 5.75 Å². The summed E-state index contributed by atoms with van der Waals surface area (Å²) in [4.78, 5) is 26.8. The summed E-state index contributed by atoms with van der Waals surface area (Å²) in [5.74, 6) is 1.30. The smallest absolute Gasteiger partial charge is 0.265 e. The summed E-state index contributed by atoms with van der Waals surface area (Å²) in [6, 6.07) is 14.8. The number of ether oxygens (including phenoxy) is 1. The number of fused-ring (bicyclic) bond motifs is 1. The van der Waals surface area contributed by atoms with Gasteiger partial charge in [-0.05, 0) is 45.0 Å². The standard InChI is InChI=1S/C23H25N5O3S/c1-4-27-22(16(3)28-18-7-5-6-8-19(18)31-13-21(28)30)25-26-23(27)32-14-20(29)24-17-11-9-15(2)10-12-17/h5-12,16H,4,13-14H2,1-3H3,(H,24,29)/t16-/m1/s1. The number of hydrogen-bond donors (Lipinski definition) is 1. The van der Waals surface area contributed by atoms with Crippen LogP contribution >= 0.6 is 11.8 Å². The zero-order chi connectivity index (χ0) is 22.7. The van der Waals surface area contributed by atoms with Crippen LogP contribution < -0.4 is 15.0 Å². The molecular formula is C23H25N5O3S. The number of aryl methyl sites for hydroxylation is 1. The minimum absolute atomic E-state index is 0.0115. The summed E-state index contributed by atoms with van der Waals surface area (Å²) in [6.45, 7) is 6.53. The van der Waals surface area contributed by atoms with E-state index in [1.165, 1.54) is 11.8 Å². The van der Waals surface area contributed by atoms with Crippen molar-refractivity contribution in [2.45, 2.75) is 38.5 Å². The van der Waals surface area contributed by atoms with E-state index < -0.39 is 0 Å². The number of para-hydroxylation sites is 2. The number of amides is 2. The highest BCUT2D eigenvalue weighted by Gasteiger charge is 2.33. The molecule has 1 N–H and O–H groups in total. The zero-order valence-electron chi connectivity index (χ0n) is 18.2. The average Bonchev–Trinajstić information content (AvgIpc) is 3.22. The van der Waals surface area contributed by atoms with E-state index in [0.717, 1.165) is 11.3 Å². The van der Waals surface area contributed by atoms with Gasteiger partial charge in [0.25, 0.3) is 5.91 Å². The third kappa shape index (κ3) is 4.47. The first-order valence-corrected chi connectivity index (χ1v) is 11.4. The molecule has 1 atom stereocenters. The van der Waals surface area contributed by atoms with E-state index in [0.29, 0.717) is 29.0 Å². The van der Waals surface area contributed by atoms with Crippen LogP contribution in [0.15, 0.2) is 53.7 Å². The Hall–Kier alpha value is -3.33. The van der Waals surface area contributed by atoms with Gasteiger partial charge in [-0.2, -0.15) is 0 Å². The Labute approximate surface area is 191 Å². The molecule has 0 saturated carbocycles. The van der Waals surface area contributed by atoms with Crippen molar-refractivity contribution in [3.63, 3.8) is 0 Å². The fraction of sp³-hybridized carbons (Fsp3) is 0.304. The van der Waals surface area contributed by atoms with Crippen molar-refractivity contribution < 1.29 is 14.3 Å². The van der Waals surface area contributed by atoms with Crippen molar-refractivity contribution in [3.8, 4) is 5.75 Å². The van der Waals surface area contributed by atoms with Crippen LogP contribution in [0, 0.1) is 6.92 Å². The molecule has 1 aliphatic rings. The molecule has 32 heavy (non-hydrogen) atoms. The van der Waals surface area contributed by atoms with E-state index in [9.17, 15) is 9.59 Å². The Morgan fingerprint density at radius 1 is 1.19 bits per heavy atom. The van der Waals surface area contributed by atoms with Crippen LogP contribution in [0.3, 0.4) is 0 Å². The topological polar surface area (TPSA) is 89.4 Å². The van der Waals surface area contributed by atoms with Crippen molar-refractivity contribution in [1.29, 1.82) is 0 Å². The van der Waals surface area contributed by atoms with Crippen molar-refractivity contribution >= 4 is 35.0 Å². The van der Waals surface area contributed by atoms with Gasteiger partial charge in [-0.25, -0.2) is 0 Å². The number of nitrogens with zero attached hydrogens (tertiary/aromatic N) is 4. The molecule has 4 rings (SSSR count). The summed E-state index contributed by atoms with van der Waals surface area (Å²) < 4.78 is 7.50. The van der Waals surface area contributed by atoms with Crippen LogP contribution in [0.5, 0.6) is 5.75 Å². The van der Waals surface area contributed by atoms with Gasteiger partial charge in [0.15, 0.2) is 17.6 Å². The Morgan fingerprint density at radius 2 is 1.94 bits per heavy atom. The molecule has 0 spiro atoms. The van der Waals surface area contributed by atoms with Gasteiger partial charge in [-0.3, -0.25) is 14.5 Å². The van der Waals surface area contributed by atoms with Crippen LogP contribution in [-0.2, 0) is 16.1 Å². The predicted molar refractivity (Wildman–Crippen MR) is 124 cm³/mol. The number of anilines is 2. The molecule has 0 radical (unpaired) electrons. The normalized spacial score (nSPS) is 14.0. The molecule has 0 bridgehead atoms. The molecule has 1 aliphatic heterocycles. The van der Waals surface area contributed by atoms with E-state index in [2.05, 4.69) is 15.5 Å². The van der Waals surface area contributed by atoms with Crippen LogP contribution in [-0.4, -0.2) is 38.9 Å². The summed E-state index contributed by atoms with van der Waals surface area (Å²) >= 11 is 1.32. The lowest BCUT2D eigenvalue weighted by atomic mass is 10.1. The van der Waals surface area contributed by atoms with Crippen molar-refractivity contribution in [2.24, 2.45) is 0 Å². The van der Waals surface area contributed by atoms with E-state index in [-0.39, 0.29) is 30.2 Å². The average molecular weight is 452 g/mol. The molecule has 9 heteroatoms. The molecule has 0 fully saturated rings. The van der Waals surface area contributed by atoms with E-state index in [4.69, 9.17) is 4.74 Å². The highest BCUT2D eigenvalue weighted by atomic mass is 32.2. The highest BCUT2D eigenvalue weighted by molar-refractivity contribution is 7.99. The van der Waals surface area contributed by atoms with Gasteiger partial charge in [0.05, 0.1) is 17.5 Å². The first-order valence-electron chi connectivity index (χ1n) is 10.4. The van der Waals surface area contributed by atoms with Crippen molar-refractivity contribution in [3.05, 3.63) is 59.9 Å². The lowest BCUT2D eigenvalue weighted by Crippen LogP contribution is -2.41. The van der Waals surface area contributed by atoms with Gasteiger partial charge in [-0.15, -0.1) is 10.2 Å². The summed E-state index contributed by atoms with van der Waals surface area (Å²) in [5, 5.41) is 12.2. The maximum atomic E-state index is 12.7. The SMILES string of the molecule is CCn1c(SCC(=O)Nc2ccc(C)cc2)nnc1[C@@H](C)N1C(=O)COc2ccccc21. The second-order valence-corrected chi connectivity index (χ2v) is 8.43. The molecule has 8 nitrogen and oxygen atoms in total. The van der Waals surface area contributed by atoms with Crippen LogP contribution in [0.1, 0.15) is 31.3 Å². The Morgan fingerprint density at radius 3 is 2.69 bits per heavy atom. The Balaban J connectivity index is 1.49. The number of benzene rings is 2. The molecule has 1 aromatic heterocycles. The van der Waals surface area contributed by atoms with Crippen molar-refractivity contribution in [2.75, 3.05) is 22.6 Å². The molecule has 166 valence electrons. The molecule has 0 aliphatic carbocycles. The van der Waals surface area contributed by atoms with E-state index in [1.54, 1.807) is 4.90 Å². The number of carbonyl (C=O) groups is 2. The number of carbonyl (C=O) groups excluding carboxylic acids is 2. The fourth-order valence-corrected chi connectivity index (χ4v) is 4.45. The summed E-state index contributed by atoms with van der Waals surface area (Å²) in [6.07, 6.45) is 0. The number of aromatic nitrogens is 3. The molecule has 0 saturated heterocycles. The molecule has 3 aromatic rings. The van der Waals surface area contributed by atoms with Gasteiger partial charge < -0.3 is 14.6 Å². The third-order valence-corrected chi connectivity index (χ3v) is 6.20. The monoisotopic (exact) mass is 451 g/mol. The summed E-state index contributed by atoms with van der Waals surface area (Å²) in [5.41, 5.74) is 2.61. The summed E-state index contributed by atoms with van der Waals surface area (Å²) in [7, 11) is 0. The van der Waals surface area contributed by atoms with Gasteiger partial charge >= 0.3 is 0 Å².